The van der Waals surface area contributed by atoms with Gasteiger partial charge in [-0.15, -0.1) is 0 Å². The summed E-state index contributed by atoms with van der Waals surface area (Å²) in [6, 6.07) is 88.4. The number of fused-ring (bicyclic) bond motifs is 3. The molecule has 10 aromatic carbocycles. The van der Waals surface area contributed by atoms with E-state index >= 15 is 0 Å². The third kappa shape index (κ3) is 9.40. The molecule has 0 amide bonds. The van der Waals surface area contributed by atoms with Crippen LogP contribution in [-0.2, 0) is 0 Å². The van der Waals surface area contributed by atoms with Gasteiger partial charge in [0.05, 0.1) is 11.0 Å². The van der Waals surface area contributed by atoms with Crippen molar-refractivity contribution < 1.29 is 4.74 Å². The molecular formula is C68H58N2O. The molecule has 0 bridgehead atoms. The molecule has 346 valence electrons. The van der Waals surface area contributed by atoms with Crippen LogP contribution in [0.1, 0.15) is 52.5 Å². The number of anilines is 3. The summed E-state index contributed by atoms with van der Waals surface area (Å²) in [7, 11) is 0. The molecule has 11 rings (SSSR count). The van der Waals surface area contributed by atoms with Crippen molar-refractivity contribution in [2.45, 2.75) is 52.6 Å². The van der Waals surface area contributed by atoms with Crippen molar-refractivity contribution in [3.8, 4) is 67.1 Å². The highest BCUT2D eigenvalue weighted by Crippen LogP contribution is 2.41. The van der Waals surface area contributed by atoms with E-state index in [0.29, 0.717) is 5.92 Å². The van der Waals surface area contributed by atoms with Crippen molar-refractivity contribution in [1.29, 1.82) is 0 Å². The van der Waals surface area contributed by atoms with Gasteiger partial charge in [-0.1, -0.05) is 172 Å². The number of aromatic nitrogens is 1. The standard InChI is InChI=1S/C68H58N2O/c1-6-47(2)48-17-19-51(20-18-48)52-21-23-55(24-22-52)57-31-43-66-64(45-57)65-46-58(32-44-67(65)70(66)62-39-41-63(42-40-62)71-68(3,4)5)56-29-37-61(38-30-56)69(59-33-25-53(26-34-59)49-13-9-7-10-14-49)60-35-27-54(28-36-60)50-15-11-8-12-16-50/h7-47H,6H2,1-5H3. The monoisotopic (exact) mass is 918 g/mol. The molecule has 0 saturated carbocycles. The molecule has 0 aliphatic carbocycles. The average molecular weight is 919 g/mol. The van der Waals surface area contributed by atoms with Crippen LogP contribution in [0.5, 0.6) is 5.75 Å². The van der Waals surface area contributed by atoms with Gasteiger partial charge < -0.3 is 14.2 Å². The predicted molar refractivity (Wildman–Crippen MR) is 302 cm³/mol. The van der Waals surface area contributed by atoms with Crippen molar-refractivity contribution in [2.75, 3.05) is 4.90 Å². The number of ether oxygens (including phenoxy) is 1. The smallest absolute Gasteiger partial charge is 0.120 e. The van der Waals surface area contributed by atoms with E-state index in [0.717, 1.165) is 57.1 Å². The largest absolute Gasteiger partial charge is 0.488 e. The summed E-state index contributed by atoms with van der Waals surface area (Å²) in [6.45, 7) is 10.8. The Bertz CT molecular complexity index is 3490. The Morgan fingerprint density at radius 1 is 0.394 bits per heavy atom. The molecule has 0 radical (unpaired) electrons. The molecule has 0 saturated heterocycles. The molecule has 0 aliphatic heterocycles. The Morgan fingerprint density at radius 3 is 1.11 bits per heavy atom. The molecular weight excluding hydrogens is 861 g/mol. The zero-order valence-electron chi connectivity index (χ0n) is 41.2. The van der Waals surface area contributed by atoms with Crippen LogP contribution in [0.2, 0.25) is 0 Å². The van der Waals surface area contributed by atoms with Crippen LogP contribution in [0.25, 0.3) is 83.1 Å². The maximum Gasteiger partial charge on any atom is 0.120 e. The minimum absolute atomic E-state index is 0.282. The number of hydrogen-bond acceptors (Lipinski definition) is 2. The second kappa shape index (κ2) is 19.2. The van der Waals surface area contributed by atoms with Gasteiger partial charge in [-0.3, -0.25) is 0 Å². The fourth-order valence-corrected chi connectivity index (χ4v) is 9.89. The molecule has 1 heterocycles. The highest BCUT2D eigenvalue weighted by molar-refractivity contribution is 6.11. The van der Waals surface area contributed by atoms with Gasteiger partial charge in [0.25, 0.3) is 0 Å². The molecule has 11 aromatic rings. The third-order valence-corrected chi connectivity index (χ3v) is 13.9. The van der Waals surface area contributed by atoms with E-state index in [1.54, 1.807) is 0 Å². The topological polar surface area (TPSA) is 17.4 Å². The molecule has 1 unspecified atom stereocenters. The van der Waals surface area contributed by atoms with E-state index in [2.05, 4.69) is 287 Å². The van der Waals surface area contributed by atoms with Crippen LogP contribution < -0.4 is 9.64 Å². The van der Waals surface area contributed by atoms with Gasteiger partial charge in [0.2, 0.25) is 0 Å². The van der Waals surface area contributed by atoms with Crippen molar-refractivity contribution >= 4 is 38.9 Å². The minimum Gasteiger partial charge on any atom is -0.488 e. The van der Waals surface area contributed by atoms with E-state index in [1.165, 1.54) is 60.8 Å². The lowest BCUT2D eigenvalue weighted by Gasteiger charge is -2.26. The summed E-state index contributed by atoms with van der Waals surface area (Å²) in [6.07, 6.45) is 1.14. The van der Waals surface area contributed by atoms with E-state index in [4.69, 9.17) is 4.74 Å². The molecule has 0 N–H and O–H groups in total. The quantitative estimate of drug-likeness (QED) is 0.121. The lowest BCUT2D eigenvalue weighted by molar-refractivity contribution is 0.131. The lowest BCUT2D eigenvalue weighted by Crippen LogP contribution is -2.22. The molecule has 3 heteroatoms. The number of nitrogens with zero attached hydrogens (tertiary/aromatic N) is 2. The Kier molecular flexibility index (Phi) is 12.2. The second-order valence-corrected chi connectivity index (χ2v) is 19.7. The summed E-state index contributed by atoms with van der Waals surface area (Å²) in [5.74, 6) is 1.42. The summed E-state index contributed by atoms with van der Waals surface area (Å²) in [4.78, 5) is 2.35. The van der Waals surface area contributed by atoms with Crippen LogP contribution in [0.3, 0.4) is 0 Å². The van der Waals surface area contributed by atoms with E-state index in [9.17, 15) is 0 Å². The molecule has 1 aromatic heterocycles. The second-order valence-electron chi connectivity index (χ2n) is 19.7. The predicted octanol–water partition coefficient (Wildman–Crippen LogP) is 19.3. The summed E-state index contributed by atoms with van der Waals surface area (Å²) < 4.78 is 8.63. The first kappa shape index (κ1) is 45.1. The van der Waals surface area contributed by atoms with Gasteiger partial charge in [-0.05, 0) is 179 Å². The van der Waals surface area contributed by atoms with Gasteiger partial charge in [0.1, 0.15) is 11.4 Å². The first-order valence-electron chi connectivity index (χ1n) is 25.0. The fourth-order valence-electron chi connectivity index (χ4n) is 9.89. The molecule has 71 heavy (non-hydrogen) atoms. The zero-order valence-corrected chi connectivity index (χ0v) is 41.2. The van der Waals surface area contributed by atoms with E-state index < -0.39 is 0 Å². The van der Waals surface area contributed by atoms with Crippen LogP contribution in [0.15, 0.2) is 243 Å². The van der Waals surface area contributed by atoms with Crippen molar-refractivity contribution in [1.82, 2.24) is 4.57 Å². The molecule has 0 spiro atoms. The SMILES string of the molecule is CCC(C)c1ccc(-c2ccc(-c3ccc4c(c3)c3cc(-c5ccc(N(c6ccc(-c7ccccc7)cc6)c6ccc(-c7ccccc7)cc6)cc5)ccc3n4-c3ccc(OC(C)(C)C)cc3)cc2)cc1. The van der Waals surface area contributed by atoms with Gasteiger partial charge in [0, 0.05) is 33.5 Å². The Hall–Kier alpha value is -8.40. The molecule has 0 fully saturated rings. The van der Waals surface area contributed by atoms with Gasteiger partial charge in [0.15, 0.2) is 0 Å². The Morgan fingerprint density at radius 2 is 0.732 bits per heavy atom. The van der Waals surface area contributed by atoms with Crippen LogP contribution >= 0.6 is 0 Å². The van der Waals surface area contributed by atoms with Gasteiger partial charge >= 0.3 is 0 Å². The number of rotatable bonds is 12. The first-order chi connectivity index (χ1) is 34.7. The summed E-state index contributed by atoms with van der Waals surface area (Å²) in [5.41, 5.74) is 19.7. The summed E-state index contributed by atoms with van der Waals surface area (Å²) >= 11 is 0. The average Bonchev–Trinajstić information content (AvgIpc) is 3.74. The van der Waals surface area contributed by atoms with Crippen molar-refractivity contribution in [3.63, 3.8) is 0 Å². The van der Waals surface area contributed by atoms with E-state index in [-0.39, 0.29) is 5.60 Å². The molecule has 0 aliphatic rings. The van der Waals surface area contributed by atoms with Gasteiger partial charge in [-0.2, -0.15) is 0 Å². The fraction of sp³-hybridized carbons (Fsp3) is 0.118. The number of benzene rings is 10. The first-order valence-corrected chi connectivity index (χ1v) is 25.0. The maximum absolute atomic E-state index is 6.24. The minimum atomic E-state index is -0.282. The normalized spacial score (nSPS) is 12.0. The summed E-state index contributed by atoms with van der Waals surface area (Å²) in [5, 5.41) is 2.41. The van der Waals surface area contributed by atoms with Crippen molar-refractivity contribution in [2.24, 2.45) is 0 Å². The van der Waals surface area contributed by atoms with Gasteiger partial charge in [-0.25, -0.2) is 0 Å². The maximum atomic E-state index is 6.24. The Labute approximate surface area is 418 Å². The number of hydrogen-bond donors (Lipinski definition) is 0. The van der Waals surface area contributed by atoms with E-state index in [1.807, 2.05) is 0 Å². The molecule has 1 atom stereocenters. The zero-order chi connectivity index (χ0) is 48.5. The lowest BCUT2D eigenvalue weighted by atomic mass is 9.95. The van der Waals surface area contributed by atoms with Crippen molar-refractivity contribution in [3.05, 3.63) is 248 Å². The van der Waals surface area contributed by atoms with Crippen LogP contribution in [0.4, 0.5) is 17.1 Å². The Balaban J connectivity index is 0.967. The highest BCUT2D eigenvalue weighted by Gasteiger charge is 2.18. The highest BCUT2D eigenvalue weighted by atomic mass is 16.5. The van der Waals surface area contributed by atoms with Crippen LogP contribution in [0, 0.1) is 0 Å². The van der Waals surface area contributed by atoms with Crippen LogP contribution in [-0.4, -0.2) is 10.2 Å². The molecule has 3 nitrogen and oxygen atoms in total. The third-order valence-electron chi connectivity index (χ3n) is 13.9.